The Hall–Kier alpha value is -5.17. The molecule has 2 aromatic heterocycles. The van der Waals surface area contributed by atoms with Crippen molar-refractivity contribution in [1.29, 1.82) is 0 Å². The van der Waals surface area contributed by atoms with E-state index in [-0.39, 0.29) is 54.8 Å². The third-order valence-corrected chi connectivity index (χ3v) is 9.05. The van der Waals surface area contributed by atoms with Gasteiger partial charge in [-0.15, -0.1) is 0 Å². The van der Waals surface area contributed by atoms with E-state index in [1.54, 1.807) is 89.2 Å². The lowest BCUT2D eigenvalue weighted by Gasteiger charge is -2.37. The van der Waals surface area contributed by atoms with Gasteiger partial charge < -0.3 is 25.8 Å². The molecule has 5 rings (SSSR count). The normalized spacial score (nSPS) is 17.3. The molecule has 50 heavy (non-hydrogen) atoms. The number of hydrogen-bond donors (Lipinski definition) is 3. The Balaban J connectivity index is 1.46. The zero-order valence-electron chi connectivity index (χ0n) is 29.1. The van der Waals surface area contributed by atoms with Crippen molar-refractivity contribution < 1.29 is 23.6 Å². The number of likely N-dealkylation sites (N-methyl/N-ethyl adjacent to an activating group) is 1. The Morgan fingerprint density at radius 1 is 1.04 bits per heavy atom. The fourth-order valence-corrected chi connectivity index (χ4v) is 6.08. The van der Waals surface area contributed by atoms with Crippen LogP contribution in [0.15, 0.2) is 79.3 Å². The average molecular weight is 685 g/mol. The second-order valence-electron chi connectivity index (χ2n) is 13.8. The number of nitrogens with zero attached hydrogens (tertiary/aromatic N) is 5. The largest absolute Gasteiger partial charge is 0.347 e. The molecule has 4 amide bonds. The number of fused-ring (bicyclic) bond motifs is 1. The van der Waals surface area contributed by atoms with Crippen molar-refractivity contribution in [2.24, 2.45) is 5.41 Å². The molecule has 2 aromatic carbocycles. The molecule has 0 radical (unpaired) electrons. The highest BCUT2D eigenvalue weighted by atomic mass is 19.1. The molecule has 0 spiro atoms. The second-order valence-corrected chi connectivity index (χ2v) is 13.8. The number of imidazole rings is 1. The molecule has 4 aromatic rings. The first-order chi connectivity index (χ1) is 23.8. The van der Waals surface area contributed by atoms with E-state index in [0.717, 1.165) is 5.56 Å². The van der Waals surface area contributed by atoms with E-state index in [1.165, 1.54) is 12.1 Å². The number of nitrogens with one attached hydrogen (secondary N) is 3. The maximum absolute atomic E-state index is 14.5. The smallest absolute Gasteiger partial charge is 0.274 e. The van der Waals surface area contributed by atoms with Gasteiger partial charge in [0.1, 0.15) is 17.6 Å². The first-order valence-electron chi connectivity index (χ1n) is 16.8. The van der Waals surface area contributed by atoms with E-state index in [0.29, 0.717) is 24.2 Å². The summed E-state index contributed by atoms with van der Waals surface area (Å²) in [5.41, 5.74) is 0.861. The summed E-state index contributed by atoms with van der Waals surface area (Å²) in [7, 11) is 1.67. The van der Waals surface area contributed by atoms with Gasteiger partial charge in [0.15, 0.2) is 0 Å². The first kappa shape index (κ1) is 36.1. The number of hydrogen-bond acceptors (Lipinski definition) is 7. The minimum absolute atomic E-state index is 0.127. The third kappa shape index (κ3) is 8.70. The molecule has 1 saturated heterocycles. The summed E-state index contributed by atoms with van der Waals surface area (Å²) in [5.74, 6) is -1.23. The number of likely N-dealkylation sites (tertiary alicyclic amines) is 1. The van der Waals surface area contributed by atoms with Crippen LogP contribution in [0.3, 0.4) is 0 Å². The highest BCUT2D eigenvalue weighted by Gasteiger charge is 2.44. The average Bonchev–Trinajstić information content (AvgIpc) is 3.72. The van der Waals surface area contributed by atoms with Crippen molar-refractivity contribution >= 4 is 29.4 Å². The number of aromatic nitrogens is 3. The highest BCUT2D eigenvalue weighted by Crippen LogP contribution is 2.27. The van der Waals surface area contributed by atoms with E-state index in [1.807, 2.05) is 26.8 Å². The standard InChI is InChI=1S/C37H45FN8O4/c1-24(39-5)32(47)43-31(37(2,3)4)35(50)46-21-28(41-33(48)26-10-7-6-8-11-26)20-29(46)22-44(19-16-25-12-14-27(38)15-13-25)34(49)30-23-45-18-9-17-40-36(45)42-30/h6-15,17-18,23-24,28-29,31,39H,16,19-22H2,1-5H3,(H,41,48)(H,43,47). The molecule has 1 aliphatic rings. The van der Waals surface area contributed by atoms with E-state index >= 15 is 0 Å². The first-order valence-corrected chi connectivity index (χ1v) is 16.8. The lowest BCUT2D eigenvalue weighted by Crippen LogP contribution is -2.59. The number of rotatable bonds is 12. The zero-order chi connectivity index (χ0) is 36.0. The van der Waals surface area contributed by atoms with E-state index < -0.39 is 29.6 Å². The number of carbonyl (C=O) groups excluding carboxylic acids is 4. The summed E-state index contributed by atoms with van der Waals surface area (Å²) in [5, 5.41) is 8.94. The number of halogens is 1. The van der Waals surface area contributed by atoms with E-state index in [9.17, 15) is 23.6 Å². The van der Waals surface area contributed by atoms with Gasteiger partial charge in [-0.05, 0) is 68.1 Å². The van der Waals surface area contributed by atoms with Gasteiger partial charge in [0, 0.05) is 49.8 Å². The monoisotopic (exact) mass is 684 g/mol. The minimum atomic E-state index is -0.884. The molecule has 0 saturated carbocycles. The summed E-state index contributed by atoms with van der Waals surface area (Å²) >= 11 is 0. The van der Waals surface area contributed by atoms with Crippen molar-refractivity contribution in [3.05, 3.63) is 102 Å². The van der Waals surface area contributed by atoms with Crippen molar-refractivity contribution in [1.82, 2.24) is 40.1 Å². The Bertz CT molecular complexity index is 1770. The van der Waals surface area contributed by atoms with Crippen LogP contribution >= 0.6 is 0 Å². The van der Waals surface area contributed by atoms with Crippen LogP contribution in [0.5, 0.6) is 0 Å². The lowest BCUT2D eigenvalue weighted by molar-refractivity contribution is -0.140. The molecular weight excluding hydrogens is 639 g/mol. The molecule has 3 N–H and O–H groups in total. The SMILES string of the molecule is CNC(C)C(=O)NC(C(=O)N1CC(NC(=O)c2ccccc2)CC1CN(CCc1ccc(F)cc1)C(=O)c1cn2cccnc2n1)C(C)(C)C. The van der Waals surface area contributed by atoms with Gasteiger partial charge >= 0.3 is 0 Å². The molecule has 0 bridgehead atoms. The van der Waals surface area contributed by atoms with Crippen molar-refractivity contribution in [2.45, 2.75) is 64.7 Å². The minimum Gasteiger partial charge on any atom is -0.347 e. The van der Waals surface area contributed by atoms with Crippen LogP contribution in [0.4, 0.5) is 4.39 Å². The maximum Gasteiger partial charge on any atom is 0.274 e. The van der Waals surface area contributed by atoms with Gasteiger partial charge in [0.05, 0.1) is 12.1 Å². The van der Waals surface area contributed by atoms with Crippen molar-refractivity contribution in [3.63, 3.8) is 0 Å². The number of benzene rings is 2. The molecule has 13 heteroatoms. The van der Waals surface area contributed by atoms with Gasteiger partial charge in [-0.3, -0.25) is 23.6 Å². The topological polar surface area (TPSA) is 141 Å². The molecule has 4 atom stereocenters. The summed E-state index contributed by atoms with van der Waals surface area (Å²) in [6.07, 6.45) is 5.76. The van der Waals surface area contributed by atoms with Gasteiger partial charge in [-0.2, -0.15) is 0 Å². The summed E-state index contributed by atoms with van der Waals surface area (Å²) in [6, 6.07) is 14.3. The summed E-state index contributed by atoms with van der Waals surface area (Å²) in [4.78, 5) is 67.0. The van der Waals surface area contributed by atoms with Crippen LogP contribution < -0.4 is 16.0 Å². The van der Waals surface area contributed by atoms with Gasteiger partial charge in [-0.1, -0.05) is 51.1 Å². The zero-order valence-corrected chi connectivity index (χ0v) is 29.1. The molecule has 12 nitrogen and oxygen atoms in total. The molecule has 1 aliphatic heterocycles. The predicted octanol–water partition coefficient (Wildman–Crippen LogP) is 3.09. The fourth-order valence-electron chi connectivity index (χ4n) is 6.08. The molecule has 4 unspecified atom stereocenters. The van der Waals surface area contributed by atoms with Crippen LogP contribution in [0.25, 0.3) is 5.78 Å². The summed E-state index contributed by atoms with van der Waals surface area (Å²) in [6.45, 7) is 7.94. The molecule has 264 valence electrons. The van der Waals surface area contributed by atoms with E-state index in [2.05, 4.69) is 25.9 Å². The van der Waals surface area contributed by atoms with Gasteiger partial charge in [0.2, 0.25) is 17.6 Å². The van der Waals surface area contributed by atoms with Crippen LogP contribution in [-0.4, -0.2) is 98.6 Å². The van der Waals surface area contributed by atoms with Crippen LogP contribution in [-0.2, 0) is 16.0 Å². The molecule has 3 heterocycles. The number of carbonyl (C=O) groups is 4. The fraction of sp³-hybridized carbons (Fsp3) is 0.405. The van der Waals surface area contributed by atoms with E-state index in [4.69, 9.17) is 0 Å². The van der Waals surface area contributed by atoms with Crippen LogP contribution in [0, 0.1) is 11.2 Å². The predicted molar refractivity (Wildman–Crippen MR) is 187 cm³/mol. The molecule has 0 aliphatic carbocycles. The van der Waals surface area contributed by atoms with Gasteiger partial charge in [0.25, 0.3) is 11.8 Å². The highest BCUT2D eigenvalue weighted by molar-refractivity contribution is 5.95. The number of amides is 4. The molecular formula is C37H45FN8O4. The molecule has 1 fully saturated rings. The van der Waals surface area contributed by atoms with Crippen LogP contribution in [0.1, 0.15) is 60.5 Å². The maximum atomic E-state index is 14.5. The Labute approximate surface area is 291 Å². The van der Waals surface area contributed by atoms with Crippen molar-refractivity contribution in [2.75, 3.05) is 26.7 Å². The quantitative estimate of drug-likeness (QED) is 0.208. The van der Waals surface area contributed by atoms with Crippen molar-refractivity contribution in [3.8, 4) is 0 Å². The Morgan fingerprint density at radius 2 is 1.76 bits per heavy atom. The van der Waals surface area contributed by atoms with Crippen LogP contribution in [0.2, 0.25) is 0 Å². The Kier molecular flexibility index (Phi) is 11.3. The second kappa shape index (κ2) is 15.6. The summed E-state index contributed by atoms with van der Waals surface area (Å²) < 4.78 is 15.3. The Morgan fingerprint density at radius 3 is 2.42 bits per heavy atom. The van der Waals surface area contributed by atoms with Gasteiger partial charge in [-0.25, -0.2) is 14.4 Å². The third-order valence-electron chi connectivity index (χ3n) is 9.05. The lowest BCUT2D eigenvalue weighted by atomic mass is 9.85.